The summed E-state index contributed by atoms with van der Waals surface area (Å²) in [7, 11) is -0.967. The highest BCUT2D eigenvalue weighted by molar-refractivity contribution is 9.10. The van der Waals surface area contributed by atoms with Crippen LogP contribution in [0, 0.1) is 5.82 Å². The molecule has 0 radical (unpaired) electrons. The standard InChI is InChI=1S/C19H24BrFN6O2S/c1-11(2)30(29)27-8-6-12(7-9-27)24-19-23-10-13(20)18(26-19)25-15-5-3-4-14(21)16(15)17(22)28/h3-5,10-12H,6-9H2,1-2H3,(H2,22,28)(H2,23,24,25,26). The molecule has 162 valence electrons. The number of benzene rings is 1. The first-order chi connectivity index (χ1) is 14.3. The number of amides is 1. The molecule has 1 aliphatic heterocycles. The molecule has 4 N–H and O–H groups in total. The van der Waals surface area contributed by atoms with Crippen LogP contribution in [0.4, 0.5) is 21.8 Å². The van der Waals surface area contributed by atoms with E-state index in [9.17, 15) is 13.4 Å². The number of aromatic nitrogens is 2. The van der Waals surface area contributed by atoms with Crippen molar-refractivity contribution in [2.45, 2.75) is 38.0 Å². The third kappa shape index (κ3) is 5.32. The summed E-state index contributed by atoms with van der Waals surface area (Å²) < 4.78 is 28.8. The van der Waals surface area contributed by atoms with Gasteiger partial charge in [-0.1, -0.05) is 6.07 Å². The van der Waals surface area contributed by atoms with Crippen LogP contribution in [0.3, 0.4) is 0 Å². The molecule has 11 heteroatoms. The van der Waals surface area contributed by atoms with E-state index in [1.165, 1.54) is 12.1 Å². The number of nitrogens with zero attached hydrogens (tertiary/aromatic N) is 3. The van der Waals surface area contributed by atoms with Gasteiger partial charge < -0.3 is 16.4 Å². The van der Waals surface area contributed by atoms with Gasteiger partial charge in [0.2, 0.25) is 5.95 Å². The lowest BCUT2D eigenvalue weighted by molar-refractivity contribution is 0.0997. The SMILES string of the molecule is CC(C)S(=O)N1CCC(Nc2ncc(Br)c(Nc3cccc(F)c3C(N)=O)n2)CC1. The Balaban J connectivity index is 1.71. The van der Waals surface area contributed by atoms with Crippen LogP contribution in [0.2, 0.25) is 0 Å². The first-order valence-electron chi connectivity index (χ1n) is 9.56. The maximum absolute atomic E-state index is 14.0. The number of piperidine rings is 1. The molecule has 1 amide bonds. The first-order valence-corrected chi connectivity index (χ1v) is 11.5. The van der Waals surface area contributed by atoms with Gasteiger partial charge in [-0.15, -0.1) is 0 Å². The predicted molar refractivity (Wildman–Crippen MR) is 119 cm³/mol. The fourth-order valence-corrected chi connectivity index (χ4v) is 4.65. The van der Waals surface area contributed by atoms with Gasteiger partial charge >= 0.3 is 0 Å². The number of nitrogens with two attached hydrogens (primary N) is 1. The Morgan fingerprint density at radius 3 is 2.70 bits per heavy atom. The third-order valence-corrected chi connectivity index (χ3v) is 6.96. The topological polar surface area (TPSA) is 113 Å². The molecule has 0 spiro atoms. The second-order valence-electron chi connectivity index (χ2n) is 7.21. The Kier molecular flexibility index (Phi) is 7.37. The lowest BCUT2D eigenvalue weighted by Gasteiger charge is -2.32. The van der Waals surface area contributed by atoms with Gasteiger partial charge in [0.15, 0.2) is 0 Å². The summed E-state index contributed by atoms with van der Waals surface area (Å²) in [5, 5.41) is 6.35. The van der Waals surface area contributed by atoms with E-state index in [0.29, 0.717) is 16.2 Å². The van der Waals surface area contributed by atoms with E-state index in [0.717, 1.165) is 25.9 Å². The minimum Gasteiger partial charge on any atom is -0.365 e. The number of halogens is 2. The third-order valence-electron chi connectivity index (χ3n) is 4.70. The van der Waals surface area contributed by atoms with E-state index in [1.807, 2.05) is 18.2 Å². The van der Waals surface area contributed by atoms with Gasteiger partial charge in [-0.25, -0.2) is 17.9 Å². The lowest BCUT2D eigenvalue weighted by atomic mass is 10.1. The van der Waals surface area contributed by atoms with Gasteiger partial charge in [0.25, 0.3) is 5.91 Å². The largest absolute Gasteiger partial charge is 0.365 e. The molecule has 30 heavy (non-hydrogen) atoms. The fourth-order valence-electron chi connectivity index (χ4n) is 3.19. The zero-order valence-electron chi connectivity index (χ0n) is 16.7. The number of carbonyl (C=O) groups is 1. The van der Waals surface area contributed by atoms with Crippen molar-refractivity contribution in [3.63, 3.8) is 0 Å². The summed E-state index contributed by atoms with van der Waals surface area (Å²) in [4.78, 5) is 20.4. The molecule has 0 saturated carbocycles. The van der Waals surface area contributed by atoms with Crippen LogP contribution < -0.4 is 16.4 Å². The van der Waals surface area contributed by atoms with E-state index in [1.54, 1.807) is 12.3 Å². The van der Waals surface area contributed by atoms with Crippen molar-refractivity contribution in [2.75, 3.05) is 23.7 Å². The summed E-state index contributed by atoms with van der Waals surface area (Å²) in [6.45, 7) is 5.37. The second-order valence-corrected chi connectivity index (χ2v) is 10.1. The Morgan fingerprint density at radius 1 is 1.37 bits per heavy atom. The van der Waals surface area contributed by atoms with E-state index in [4.69, 9.17) is 5.73 Å². The van der Waals surface area contributed by atoms with Crippen LogP contribution in [-0.4, -0.2) is 48.8 Å². The summed E-state index contributed by atoms with van der Waals surface area (Å²) in [5.74, 6) is -0.800. The van der Waals surface area contributed by atoms with Gasteiger partial charge in [-0.05, 0) is 54.8 Å². The lowest BCUT2D eigenvalue weighted by Crippen LogP contribution is -2.42. The van der Waals surface area contributed by atoms with Gasteiger partial charge in [0.1, 0.15) is 11.6 Å². The molecule has 2 aromatic rings. The average molecular weight is 499 g/mol. The van der Waals surface area contributed by atoms with Gasteiger partial charge in [0.05, 0.1) is 26.7 Å². The number of hydrogen-bond acceptors (Lipinski definition) is 6. The minimum atomic E-state index is -0.967. The predicted octanol–water partition coefficient (Wildman–Crippen LogP) is 3.17. The highest BCUT2D eigenvalue weighted by Crippen LogP contribution is 2.28. The van der Waals surface area contributed by atoms with Crippen LogP contribution in [0.5, 0.6) is 0 Å². The molecule has 1 atom stereocenters. The zero-order chi connectivity index (χ0) is 21.8. The molecule has 3 rings (SSSR count). The molecule has 1 aromatic heterocycles. The van der Waals surface area contributed by atoms with Crippen LogP contribution in [-0.2, 0) is 11.0 Å². The molecule has 8 nitrogen and oxygen atoms in total. The maximum atomic E-state index is 14.0. The summed E-state index contributed by atoms with van der Waals surface area (Å²) in [6, 6.07) is 4.35. The smallest absolute Gasteiger partial charge is 0.253 e. The molecule has 1 saturated heterocycles. The number of carbonyl (C=O) groups excluding carboxylic acids is 1. The Labute approximate surface area is 185 Å². The van der Waals surface area contributed by atoms with Gasteiger partial charge in [-0.2, -0.15) is 4.98 Å². The van der Waals surface area contributed by atoms with Crippen LogP contribution in [0.1, 0.15) is 37.0 Å². The van der Waals surface area contributed by atoms with Crippen molar-refractivity contribution in [1.29, 1.82) is 0 Å². The number of rotatable bonds is 7. The van der Waals surface area contributed by atoms with Crippen molar-refractivity contribution in [1.82, 2.24) is 14.3 Å². The average Bonchev–Trinajstić information content (AvgIpc) is 2.70. The number of nitrogens with one attached hydrogen (secondary N) is 2. The number of primary amides is 1. The van der Waals surface area contributed by atoms with Crippen molar-refractivity contribution in [3.05, 3.63) is 40.2 Å². The molecule has 0 aliphatic carbocycles. The minimum absolute atomic E-state index is 0.103. The molecule has 1 fully saturated rings. The van der Waals surface area contributed by atoms with E-state index in [-0.39, 0.29) is 22.5 Å². The van der Waals surface area contributed by atoms with Crippen molar-refractivity contribution in [3.8, 4) is 0 Å². The summed E-state index contributed by atoms with van der Waals surface area (Å²) in [6.07, 6.45) is 3.20. The normalized spacial score (nSPS) is 16.4. The van der Waals surface area contributed by atoms with Crippen LogP contribution in [0.15, 0.2) is 28.9 Å². The molecule has 2 heterocycles. The Hall–Kier alpha value is -2.11. The Bertz CT molecular complexity index is 953. The molecular formula is C19H24BrFN6O2S. The molecule has 0 bridgehead atoms. The molecule has 1 aliphatic rings. The second kappa shape index (κ2) is 9.80. The van der Waals surface area contributed by atoms with E-state index in [2.05, 4.69) is 36.5 Å². The highest BCUT2D eigenvalue weighted by atomic mass is 79.9. The highest BCUT2D eigenvalue weighted by Gasteiger charge is 2.25. The monoisotopic (exact) mass is 498 g/mol. The first kappa shape index (κ1) is 22.6. The maximum Gasteiger partial charge on any atom is 0.253 e. The fraction of sp³-hybridized carbons (Fsp3) is 0.421. The quantitative estimate of drug-likeness (QED) is 0.540. The molecule has 1 aromatic carbocycles. The number of hydrogen-bond donors (Lipinski definition) is 3. The van der Waals surface area contributed by atoms with E-state index >= 15 is 0 Å². The zero-order valence-corrected chi connectivity index (χ0v) is 19.1. The van der Waals surface area contributed by atoms with Crippen LogP contribution >= 0.6 is 15.9 Å². The van der Waals surface area contributed by atoms with E-state index < -0.39 is 22.7 Å². The van der Waals surface area contributed by atoms with Crippen LogP contribution in [0.25, 0.3) is 0 Å². The van der Waals surface area contributed by atoms with Gasteiger partial charge in [-0.3, -0.25) is 4.79 Å². The molecular weight excluding hydrogens is 475 g/mol. The molecule has 1 unspecified atom stereocenters. The summed E-state index contributed by atoms with van der Waals surface area (Å²) >= 11 is 3.36. The van der Waals surface area contributed by atoms with Crippen molar-refractivity contribution >= 4 is 50.3 Å². The Morgan fingerprint density at radius 2 is 2.07 bits per heavy atom. The van der Waals surface area contributed by atoms with Crippen molar-refractivity contribution < 1.29 is 13.4 Å². The van der Waals surface area contributed by atoms with Gasteiger partial charge in [0, 0.05) is 30.6 Å². The summed E-state index contributed by atoms with van der Waals surface area (Å²) in [5.41, 5.74) is 5.30. The number of anilines is 3. The van der Waals surface area contributed by atoms with Crippen molar-refractivity contribution in [2.24, 2.45) is 5.73 Å².